The molecule has 0 fully saturated rings. The average molecular weight is 735 g/mol. The summed E-state index contributed by atoms with van der Waals surface area (Å²) in [7, 11) is -4.77. The molecule has 0 saturated heterocycles. The molecule has 1 unspecified atom stereocenters. The van der Waals surface area contributed by atoms with Crippen LogP contribution >= 0.6 is 7.82 Å². The number of unbranched alkanes of at least 4 members (excludes halogenated alkanes) is 17. The van der Waals surface area contributed by atoms with Gasteiger partial charge in [0.15, 0.2) is 6.10 Å². The predicted molar refractivity (Wildman–Crippen MR) is 211 cm³/mol. The molecule has 0 aliphatic carbocycles. The normalized spacial score (nSPS) is 13.3. The fourth-order valence-corrected chi connectivity index (χ4v) is 5.52. The Balaban J connectivity index is 4.01. The summed E-state index contributed by atoms with van der Waals surface area (Å²) in [6, 6.07) is 0. The fourth-order valence-electron chi connectivity index (χ4n) is 5.16. The maximum atomic E-state index is 12.3. The molecular formula is C42H71O8P. The molecule has 0 bridgehead atoms. The minimum Gasteiger partial charge on any atom is -0.462 e. The summed E-state index contributed by atoms with van der Waals surface area (Å²) >= 11 is 0. The largest absolute Gasteiger partial charge is 0.469 e. The lowest BCUT2D eigenvalue weighted by Gasteiger charge is -2.18. The number of hydrogen-bond acceptors (Lipinski definition) is 6. The van der Waals surface area contributed by atoms with E-state index in [-0.39, 0.29) is 19.4 Å². The van der Waals surface area contributed by atoms with Gasteiger partial charge >= 0.3 is 19.8 Å². The summed E-state index contributed by atoms with van der Waals surface area (Å²) in [5, 5.41) is 0. The Kier molecular flexibility index (Phi) is 35.4. The van der Waals surface area contributed by atoms with E-state index in [1.54, 1.807) is 0 Å². The first-order chi connectivity index (χ1) is 24.8. The molecule has 0 saturated carbocycles. The second kappa shape index (κ2) is 37.3. The third-order valence-corrected chi connectivity index (χ3v) is 8.57. The highest BCUT2D eigenvalue weighted by Gasteiger charge is 2.22. The summed E-state index contributed by atoms with van der Waals surface area (Å²) in [5.74, 6) is -0.981. The molecule has 51 heavy (non-hydrogen) atoms. The van der Waals surface area contributed by atoms with Crippen molar-refractivity contribution in [3.8, 4) is 0 Å². The summed E-state index contributed by atoms with van der Waals surface area (Å²) in [4.78, 5) is 42.7. The van der Waals surface area contributed by atoms with Crippen molar-refractivity contribution in [2.45, 2.75) is 168 Å². The summed E-state index contributed by atoms with van der Waals surface area (Å²) in [6.45, 7) is 3.46. The molecule has 0 aromatic heterocycles. The molecule has 0 spiro atoms. The second-order valence-corrected chi connectivity index (χ2v) is 14.2. The van der Waals surface area contributed by atoms with E-state index >= 15 is 0 Å². The van der Waals surface area contributed by atoms with Gasteiger partial charge in [-0.25, -0.2) is 4.57 Å². The Morgan fingerprint density at radius 1 is 0.529 bits per heavy atom. The Morgan fingerprint density at radius 2 is 0.980 bits per heavy atom. The third kappa shape index (κ3) is 40.1. The van der Waals surface area contributed by atoms with Crippen LogP contribution < -0.4 is 0 Å². The molecular weight excluding hydrogens is 663 g/mol. The quantitative estimate of drug-likeness (QED) is 0.0217. The monoisotopic (exact) mass is 734 g/mol. The SMILES string of the molecule is CC/C=C/C=C/C=C/C=C/C=C/CCCC(=O)OC(COC(=O)CCCCCCCCC/C=C/CCCCCCCCCCC)COP(=O)(O)O. The Bertz CT molecular complexity index is 1050. The van der Waals surface area contributed by atoms with E-state index < -0.39 is 32.5 Å². The molecule has 9 heteroatoms. The zero-order chi connectivity index (χ0) is 37.5. The van der Waals surface area contributed by atoms with E-state index in [1.807, 2.05) is 54.7 Å². The zero-order valence-electron chi connectivity index (χ0n) is 32.0. The molecule has 0 rings (SSSR count). The van der Waals surface area contributed by atoms with Crippen LogP contribution in [0.25, 0.3) is 0 Å². The number of rotatable bonds is 35. The standard InChI is InChI=1S/C42H71O8P/c1-3-5-7-9-11-13-15-17-18-19-20-21-22-23-25-26-28-30-32-34-36-41(43)48-38-40(39-49-51(45,46)47)50-42(44)37-35-33-31-29-27-24-16-14-12-10-8-6-4-2/h6,8,10,12,14,16,20-21,24,27,29,31,40H,3-5,7,9,11,13,15,17-19,22-23,25-26,28,30,32-39H2,1-2H3,(H2,45,46,47)/b8-6+,12-10+,16-14+,21-20+,27-24+,31-29+. The van der Waals surface area contributed by atoms with Crippen LogP contribution in [0, 0.1) is 0 Å². The average Bonchev–Trinajstić information content (AvgIpc) is 3.10. The van der Waals surface area contributed by atoms with E-state index in [1.165, 1.54) is 83.5 Å². The van der Waals surface area contributed by atoms with Crippen LogP contribution in [-0.4, -0.2) is 41.0 Å². The van der Waals surface area contributed by atoms with Gasteiger partial charge in [-0.1, -0.05) is 170 Å². The summed E-state index contributed by atoms with van der Waals surface area (Å²) in [6.07, 6.45) is 47.8. The number of phosphoric acid groups is 1. The summed E-state index contributed by atoms with van der Waals surface area (Å²) < 4.78 is 26.2. The van der Waals surface area contributed by atoms with Crippen LogP contribution in [0.5, 0.6) is 0 Å². The van der Waals surface area contributed by atoms with E-state index in [2.05, 4.69) is 36.6 Å². The Hall–Kier alpha value is -2.51. The minimum absolute atomic E-state index is 0.112. The highest BCUT2D eigenvalue weighted by Crippen LogP contribution is 2.36. The lowest BCUT2D eigenvalue weighted by molar-refractivity contribution is -0.161. The number of carbonyl (C=O) groups excluding carboxylic acids is 2. The maximum Gasteiger partial charge on any atom is 0.469 e. The van der Waals surface area contributed by atoms with E-state index in [0.29, 0.717) is 19.3 Å². The van der Waals surface area contributed by atoms with Gasteiger partial charge in [-0.2, -0.15) is 0 Å². The second-order valence-electron chi connectivity index (χ2n) is 13.0. The van der Waals surface area contributed by atoms with Gasteiger partial charge in [0, 0.05) is 12.8 Å². The van der Waals surface area contributed by atoms with Crippen LogP contribution in [0.3, 0.4) is 0 Å². The van der Waals surface area contributed by atoms with Gasteiger partial charge in [-0.05, 0) is 51.4 Å². The van der Waals surface area contributed by atoms with Crippen LogP contribution in [0.4, 0.5) is 0 Å². The molecule has 8 nitrogen and oxygen atoms in total. The van der Waals surface area contributed by atoms with Gasteiger partial charge in [-0.3, -0.25) is 14.1 Å². The van der Waals surface area contributed by atoms with Gasteiger partial charge < -0.3 is 19.3 Å². The molecule has 0 aromatic carbocycles. The van der Waals surface area contributed by atoms with Crippen molar-refractivity contribution < 1.29 is 37.9 Å². The number of allylic oxidation sites excluding steroid dienone is 12. The molecule has 1 atom stereocenters. The minimum atomic E-state index is -4.77. The number of hydrogen-bond donors (Lipinski definition) is 2. The van der Waals surface area contributed by atoms with Gasteiger partial charge in [0.1, 0.15) is 6.61 Å². The van der Waals surface area contributed by atoms with Crippen molar-refractivity contribution in [3.63, 3.8) is 0 Å². The van der Waals surface area contributed by atoms with E-state index in [9.17, 15) is 14.2 Å². The van der Waals surface area contributed by atoms with Gasteiger partial charge in [0.05, 0.1) is 6.61 Å². The lowest BCUT2D eigenvalue weighted by Crippen LogP contribution is -2.29. The molecule has 0 radical (unpaired) electrons. The van der Waals surface area contributed by atoms with E-state index in [4.69, 9.17) is 19.3 Å². The van der Waals surface area contributed by atoms with Gasteiger partial charge in [-0.15, -0.1) is 0 Å². The van der Waals surface area contributed by atoms with Crippen molar-refractivity contribution >= 4 is 19.8 Å². The third-order valence-electron chi connectivity index (χ3n) is 8.09. The maximum absolute atomic E-state index is 12.3. The number of esters is 2. The van der Waals surface area contributed by atoms with Crippen LogP contribution in [-0.2, 0) is 28.2 Å². The molecule has 0 amide bonds. The Labute approximate surface area is 310 Å². The van der Waals surface area contributed by atoms with Crippen LogP contribution in [0.2, 0.25) is 0 Å². The van der Waals surface area contributed by atoms with Crippen molar-refractivity contribution in [3.05, 3.63) is 72.9 Å². The van der Waals surface area contributed by atoms with E-state index in [0.717, 1.165) is 32.1 Å². The van der Waals surface area contributed by atoms with Crippen molar-refractivity contribution in [1.82, 2.24) is 0 Å². The first-order valence-electron chi connectivity index (χ1n) is 19.8. The van der Waals surface area contributed by atoms with Crippen LogP contribution in [0.15, 0.2) is 72.9 Å². The topological polar surface area (TPSA) is 119 Å². The Morgan fingerprint density at radius 3 is 1.51 bits per heavy atom. The first kappa shape index (κ1) is 48.5. The highest BCUT2D eigenvalue weighted by atomic mass is 31.2. The molecule has 2 N–H and O–H groups in total. The number of ether oxygens (including phenoxy) is 2. The smallest absolute Gasteiger partial charge is 0.462 e. The molecule has 0 aliphatic rings. The number of phosphoric ester groups is 1. The van der Waals surface area contributed by atoms with Gasteiger partial charge in [0.2, 0.25) is 0 Å². The highest BCUT2D eigenvalue weighted by molar-refractivity contribution is 7.46. The van der Waals surface area contributed by atoms with Crippen molar-refractivity contribution in [2.75, 3.05) is 13.2 Å². The van der Waals surface area contributed by atoms with Crippen molar-refractivity contribution in [2.24, 2.45) is 0 Å². The van der Waals surface area contributed by atoms with Crippen LogP contribution in [0.1, 0.15) is 162 Å². The summed E-state index contributed by atoms with van der Waals surface area (Å²) in [5.41, 5.74) is 0. The molecule has 0 aromatic rings. The molecule has 0 aliphatic heterocycles. The molecule has 0 heterocycles. The zero-order valence-corrected chi connectivity index (χ0v) is 32.9. The lowest BCUT2D eigenvalue weighted by atomic mass is 10.1. The fraction of sp³-hybridized carbons (Fsp3) is 0.667. The first-order valence-corrected chi connectivity index (χ1v) is 21.3. The van der Waals surface area contributed by atoms with Gasteiger partial charge in [0.25, 0.3) is 0 Å². The number of carbonyl (C=O) groups is 2. The predicted octanol–water partition coefficient (Wildman–Crippen LogP) is 11.9. The molecule has 292 valence electrons. The van der Waals surface area contributed by atoms with Crippen molar-refractivity contribution in [1.29, 1.82) is 0 Å².